The van der Waals surface area contributed by atoms with E-state index in [1.54, 1.807) is 0 Å². The van der Waals surface area contributed by atoms with Crippen molar-refractivity contribution in [3.63, 3.8) is 0 Å². The highest BCUT2D eigenvalue weighted by Crippen LogP contribution is 2.22. The topological polar surface area (TPSA) is 66.4 Å². The standard InChI is InChI=1S/C12H13NO3/c14-11-9(10(7-13-11)12(15)16)6-8-4-2-1-3-5-8/h1-5,9-10H,6-7H2,(H,13,14)(H,15,16). The first-order valence-corrected chi connectivity index (χ1v) is 5.23. The van der Waals surface area contributed by atoms with Crippen molar-refractivity contribution in [1.29, 1.82) is 0 Å². The smallest absolute Gasteiger partial charge is 0.309 e. The predicted molar refractivity (Wildman–Crippen MR) is 57.8 cm³/mol. The van der Waals surface area contributed by atoms with E-state index < -0.39 is 17.8 Å². The molecule has 1 aromatic carbocycles. The van der Waals surface area contributed by atoms with Crippen molar-refractivity contribution < 1.29 is 14.7 Å². The Morgan fingerprint density at radius 2 is 2.06 bits per heavy atom. The van der Waals surface area contributed by atoms with Crippen molar-refractivity contribution in [1.82, 2.24) is 5.32 Å². The van der Waals surface area contributed by atoms with Gasteiger partial charge in [-0.05, 0) is 12.0 Å². The highest BCUT2D eigenvalue weighted by Gasteiger charge is 2.39. The maximum Gasteiger partial charge on any atom is 0.309 e. The molecule has 1 saturated heterocycles. The Kier molecular flexibility index (Phi) is 2.90. The summed E-state index contributed by atoms with van der Waals surface area (Å²) in [5, 5.41) is 11.6. The van der Waals surface area contributed by atoms with Gasteiger partial charge in [0.15, 0.2) is 0 Å². The van der Waals surface area contributed by atoms with E-state index in [0.717, 1.165) is 5.56 Å². The summed E-state index contributed by atoms with van der Waals surface area (Å²) >= 11 is 0. The largest absolute Gasteiger partial charge is 0.481 e. The zero-order valence-electron chi connectivity index (χ0n) is 8.72. The Hall–Kier alpha value is -1.84. The molecule has 2 rings (SSSR count). The number of carboxylic acid groups (broad SMARTS) is 1. The highest BCUT2D eigenvalue weighted by atomic mass is 16.4. The van der Waals surface area contributed by atoms with Gasteiger partial charge in [0, 0.05) is 6.54 Å². The van der Waals surface area contributed by atoms with Crippen LogP contribution in [0.2, 0.25) is 0 Å². The summed E-state index contributed by atoms with van der Waals surface area (Å²) in [6.45, 7) is 0.242. The minimum atomic E-state index is -0.903. The summed E-state index contributed by atoms with van der Waals surface area (Å²) in [5.74, 6) is -2.11. The maximum atomic E-state index is 11.5. The normalized spacial score (nSPS) is 24.1. The average Bonchev–Trinajstić information content (AvgIpc) is 2.62. The van der Waals surface area contributed by atoms with Crippen LogP contribution in [-0.2, 0) is 16.0 Å². The van der Waals surface area contributed by atoms with Crippen LogP contribution >= 0.6 is 0 Å². The molecule has 4 nitrogen and oxygen atoms in total. The third-order valence-electron chi connectivity index (χ3n) is 2.93. The van der Waals surface area contributed by atoms with Gasteiger partial charge in [-0.25, -0.2) is 0 Å². The number of rotatable bonds is 3. The van der Waals surface area contributed by atoms with Gasteiger partial charge in [-0.2, -0.15) is 0 Å². The van der Waals surface area contributed by atoms with Crippen LogP contribution in [0.5, 0.6) is 0 Å². The number of nitrogens with one attached hydrogen (secondary N) is 1. The number of hydrogen-bond donors (Lipinski definition) is 2. The minimum Gasteiger partial charge on any atom is -0.481 e. The zero-order chi connectivity index (χ0) is 11.5. The maximum absolute atomic E-state index is 11.5. The van der Waals surface area contributed by atoms with Crippen molar-refractivity contribution in [3.8, 4) is 0 Å². The van der Waals surface area contributed by atoms with E-state index in [2.05, 4.69) is 5.32 Å². The molecule has 1 aromatic rings. The number of benzene rings is 1. The Morgan fingerprint density at radius 3 is 2.69 bits per heavy atom. The van der Waals surface area contributed by atoms with Crippen LogP contribution in [0, 0.1) is 11.8 Å². The molecule has 84 valence electrons. The Bertz CT molecular complexity index is 402. The van der Waals surface area contributed by atoms with Gasteiger partial charge in [-0.1, -0.05) is 30.3 Å². The summed E-state index contributed by atoms with van der Waals surface area (Å²) in [7, 11) is 0. The lowest BCUT2D eigenvalue weighted by molar-refractivity contribution is -0.143. The third kappa shape index (κ3) is 2.05. The van der Waals surface area contributed by atoms with E-state index in [4.69, 9.17) is 5.11 Å². The highest BCUT2D eigenvalue weighted by molar-refractivity contribution is 5.88. The van der Waals surface area contributed by atoms with E-state index in [1.165, 1.54) is 0 Å². The van der Waals surface area contributed by atoms with Gasteiger partial charge >= 0.3 is 5.97 Å². The van der Waals surface area contributed by atoms with E-state index in [0.29, 0.717) is 6.42 Å². The first kappa shape index (κ1) is 10.7. The summed E-state index contributed by atoms with van der Waals surface area (Å²) in [6.07, 6.45) is 0.490. The summed E-state index contributed by atoms with van der Waals surface area (Å²) in [4.78, 5) is 22.5. The summed E-state index contributed by atoms with van der Waals surface area (Å²) in [5.41, 5.74) is 0.996. The molecule has 0 saturated carbocycles. The van der Waals surface area contributed by atoms with Crippen LogP contribution in [0.4, 0.5) is 0 Å². The number of carbonyl (C=O) groups is 2. The quantitative estimate of drug-likeness (QED) is 0.785. The van der Waals surface area contributed by atoms with Crippen LogP contribution in [0.25, 0.3) is 0 Å². The molecule has 1 amide bonds. The number of aliphatic carboxylic acids is 1. The number of amides is 1. The molecule has 1 aliphatic heterocycles. The fourth-order valence-electron chi connectivity index (χ4n) is 2.03. The van der Waals surface area contributed by atoms with E-state index in [1.807, 2.05) is 30.3 Å². The van der Waals surface area contributed by atoms with Gasteiger partial charge in [0.1, 0.15) is 0 Å². The van der Waals surface area contributed by atoms with Crippen LogP contribution in [-0.4, -0.2) is 23.5 Å². The fraction of sp³-hybridized carbons (Fsp3) is 0.333. The first-order valence-electron chi connectivity index (χ1n) is 5.23. The van der Waals surface area contributed by atoms with Crippen molar-refractivity contribution in [2.45, 2.75) is 6.42 Å². The molecule has 1 aliphatic rings. The number of carboxylic acids is 1. The monoisotopic (exact) mass is 219 g/mol. The Balaban J connectivity index is 2.13. The van der Waals surface area contributed by atoms with Crippen molar-refractivity contribution >= 4 is 11.9 Å². The van der Waals surface area contributed by atoms with Crippen molar-refractivity contribution in [2.24, 2.45) is 11.8 Å². The second-order valence-electron chi connectivity index (χ2n) is 3.99. The van der Waals surface area contributed by atoms with E-state index in [-0.39, 0.29) is 12.5 Å². The molecule has 2 unspecified atom stereocenters. The van der Waals surface area contributed by atoms with E-state index >= 15 is 0 Å². The molecule has 0 aromatic heterocycles. The SMILES string of the molecule is O=C(O)C1CNC(=O)C1Cc1ccccc1. The Labute approximate surface area is 93.3 Å². The van der Waals surface area contributed by atoms with Gasteiger partial charge in [-0.15, -0.1) is 0 Å². The fourth-order valence-corrected chi connectivity index (χ4v) is 2.03. The number of hydrogen-bond acceptors (Lipinski definition) is 2. The molecule has 1 heterocycles. The summed E-state index contributed by atoms with van der Waals surface area (Å²) in [6, 6.07) is 9.48. The minimum absolute atomic E-state index is 0.156. The molecule has 2 atom stereocenters. The molecule has 0 radical (unpaired) electrons. The van der Waals surface area contributed by atoms with Gasteiger partial charge in [0.05, 0.1) is 11.8 Å². The van der Waals surface area contributed by atoms with Gasteiger partial charge in [-0.3, -0.25) is 9.59 Å². The molecule has 0 bridgehead atoms. The van der Waals surface area contributed by atoms with E-state index in [9.17, 15) is 9.59 Å². The lowest BCUT2D eigenvalue weighted by Crippen LogP contribution is -2.25. The lowest BCUT2D eigenvalue weighted by atomic mass is 9.89. The second kappa shape index (κ2) is 4.35. The molecule has 4 heteroatoms. The first-order chi connectivity index (χ1) is 7.68. The zero-order valence-corrected chi connectivity index (χ0v) is 8.72. The van der Waals surface area contributed by atoms with Crippen molar-refractivity contribution in [3.05, 3.63) is 35.9 Å². The summed E-state index contributed by atoms with van der Waals surface area (Å²) < 4.78 is 0. The molecule has 1 fully saturated rings. The lowest BCUT2D eigenvalue weighted by Gasteiger charge is -2.12. The van der Waals surface area contributed by atoms with Crippen molar-refractivity contribution in [2.75, 3.05) is 6.54 Å². The molecular formula is C12H13NO3. The van der Waals surface area contributed by atoms with Crippen LogP contribution in [0.3, 0.4) is 0 Å². The molecule has 0 spiro atoms. The molecule has 2 N–H and O–H groups in total. The number of carbonyl (C=O) groups excluding carboxylic acids is 1. The van der Waals surface area contributed by atoms with Gasteiger partial charge in [0.2, 0.25) is 5.91 Å². The van der Waals surface area contributed by atoms with Gasteiger partial charge in [0.25, 0.3) is 0 Å². The Morgan fingerprint density at radius 1 is 1.38 bits per heavy atom. The van der Waals surface area contributed by atoms with Crippen LogP contribution in [0.15, 0.2) is 30.3 Å². The molecular weight excluding hydrogens is 206 g/mol. The second-order valence-corrected chi connectivity index (χ2v) is 3.99. The van der Waals surface area contributed by atoms with Crippen LogP contribution in [0.1, 0.15) is 5.56 Å². The van der Waals surface area contributed by atoms with Crippen LogP contribution < -0.4 is 5.32 Å². The third-order valence-corrected chi connectivity index (χ3v) is 2.93. The average molecular weight is 219 g/mol. The molecule has 0 aliphatic carbocycles. The predicted octanol–water partition coefficient (Wildman–Crippen LogP) is 0.676. The molecule has 16 heavy (non-hydrogen) atoms. The van der Waals surface area contributed by atoms with Gasteiger partial charge < -0.3 is 10.4 Å².